The molecule has 1 aromatic heterocycles. The van der Waals surface area contributed by atoms with Crippen LogP contribution in [0.4, 0.5) is 13.2 Å². The molecule has 33 heavy (non-hydrogen) atoms. The maximum atomic E-state index is 13.3. The molecule has 0 radical (unpaired) electrons. The first-order valence-electron chi connectivity index (χ1n) is 10.9. The summed E-state index contributed by atoms with van der Waals surface area (Å²) < 4.78 is 41.6. The van der Waals surface area contributed by atoms with Gasteiger partial charge in [-0.15, -0.1) is 10.2 Å². The Hall–Kier alpha value is -2.38. The third-order valence-corrected chi connectivity index (χ3v) is 7.05. The zero-order valence-electron chi connectivity index (χ0n) is 19.5. The Morgan fingerprint density at radius 1 is 1.15 bits per heavy atom. The van der Waals surface area contributed by atoms with Crippen molar-refractivity contribution < 1.29 is 18.3 Å². The Bertz CT molecular complexity index is 1120. The Balaban J connectivity index is 2.12. The molecule has 178 valence electrons. The number of rotatable bonds is 6. The maximum absolute atomic E-state index is 13.3. The van der Waals surface area contributed by atoms with Crippen LogP contribution in [0.1, 0.15) is 58.3 Å². The molecule has 1 aliphatic rings. The largest absolute Gasteiger partial charge is 0.421 e. The van der Waals surface area contributed by atoms with Crippen LogP contribution >= 0.6 is 11.6 Å². The highest BCUT2D eigenvalue weighted by Gasteiger charge is 2.51. The van der Waals surface area contributed by atoms with E-state index in [1.807, 2.05) is 11.6 Å². The minimum absolute atomic E-state index is 0.0605. The van der Waals surface area contributed by atoms with E-state index >= 15 is 0 Å². The topological polar surface area (TPSA) is 50.9 Å². The van der Waals surface area contributed by atoms with Crippen molar-refractivity contribution in [3.63, 3.8) is 0 Å². The number of halogens is 4. The van der Waals surface area contributed by atoms with Gasteiger partial charge in [0.2, 0.25) is 0 Å². The quantitative estimate of drug-likeness (QED) is 0.496. The first-order chi connectivity index (χ1) is 15.4. The van der Waals surface area contributed by atoms with Gasteiger partial charge in [0, 0.05) is 12.6 Å². The monoisotopic (exact) mass is 479 g/mol. The van der Waals surface area contributed by atoms with Crippen molar-refractivity contribution in [3.05, 3.63) is 70.1 Å². The number of hydrogen-bond acceptors (Lipinski definition) is 3. The van der Waals surface area contributed by atoms with Crippen LogP contribution in [0.25, 0.3) is 11.4 Å². The summed E-state index contributed by atoms with van der Waals surface area (Å²) in [7, 11) is 1.84. The first-order valence-corrected chi connectivity index (χ1v) is 11.3. The van der Waals surface area contributed by atoms with Crippen molar-refractivity contribution in [1.29, 1.82) is 0 Å². The van der Waals surface area contributed by atoms with Crippen LogP contribution in [0.15, 0.2) is 53.6 Å². The van der Waals surface area contributed by atoms with Gasteiger partial charge in [-0.25, -0.2) is 0 Å². The summed E-state index contributed by atoms with van der Waals surface area (Å²) in [6.45, 7) is 7.03. The SMILES string of the molecule is CCC(CC)(C1=CC=CCC=C1C)c1nnc(-c2ccc(C(C)(O)C(F)(F)F)cc2Cl)n1C. The van der Waals surface area contributed by atoms with Crippen LogP contribution in [0.3, 0.4) is 0 Å². The van der Waals surface area contributed by atoms with E-state index in [9.17, 15) is 18.3 Å². The number of benzene rings is 1. The number of aromatic nitrogens is 3. The third kappa shape index (κ3) is 4.28. The lowest BCUT2D eigenvalue weighted by Gasteiger charge is -2.34. The molecule has 0 saturated heterocycles. The Morgan fingerprint density at radius 3 is 2.39 bits per heavy atom. The lowest BCUT2D eigenvalue weighted by atomic mass is 9.71. The highest BCUT2D eigenvalue weighted by molar-refractivity contribution is 6.33. The number of nitrogens with zero attached hydrogens (tertiary/aromatic N) is 3. The van der Waals surface area contributed by atoms with Gasteiger partial charge < -0.3 is 9.67 Å². The van der Waals surface area contributed by atoms with Crippen LogP contribution in [-0.4, -0.2) is 26.0 Å². The molecule has 1 heterocycles. The van der Waals surface area contributed by atoms with E-state index in [-0.39, 0.29) is 16.0 Å². The molecule has 3 rings (SSSR count). The molecule has 1 N–H and O–H groups in total. The van der Waals surface area contributed by atoms with Gasteiger partial charge in [-0.2, -0.15) is 13.2 Å². The summed E-state index contributed by atoms with van der Waals surface area (Å²) in [6, 6.07) is 3.81. The van der Waals surface area contributed by atoms with Crippen LogP contribution in [0, 0.1) is 0 Å². The van der Waals surface area contributed by atoms with Crippen molar-refractivity contribution in [2.45, 2.75) is 64.1 Å². The normalized spacial score (nSPS) is 16.8. The van der Waals surface area contributed by atoms with Crippen molar-refractivity contribution in [2.24, 2.45) is 7.05 Å². The average molecular weight is 480 g/mol. The summed E-state index contributed by atoms with van der Waals surface area (Å²) in [4.78, 5) is 0. The molecule has 0 saturated carbocycles. The third-order valence-electron chi connectivity index (χ3n) is 6.73. The van der Waals surface area contributed by atoms with E-state index in [1.165, 1.54) is 23.3 Å². The summed E-state index contributed by atoms with van der Waals surface area (Å²) in [5.74, 6) is 1.21. The molecule has 2 aromatic rings. The van der Waals surface area contributed by atoms with Gasteiger partial charge in [0.05, 0.1) is 10.4 Å². The van der Waals surface area contributed by atoms with E-state index < -0.39 is 11.8 Å². The van der Waals surface area contributed by atoms with Crippen molar-refractivity contribution >= 4 is 11.6 Å². The van der Waals surface area contributed by atoms with Crippen LogP contribution in [0.2, 0.25) is 5.02 Å². The lowest BCUT2D eigenvalue weighted by molar-refractivity contribution is -0.258. The molecular formula is C25H29ClF3N3O. The second kappa shape index (κ2) is 9.11. The van der Waals surface area contributed by atoms with E-state index in [0.29, 0.717) is 18.3 Å². The van der Waals surface area contributed by atoms with Gasteiger partial charge in [0.25, 0.3) is 0 Å². The first kappa shape index (κ1) is 25.2. The van der Waals surface area contributed by atoms with Gasteiger partial charge in [-0.05, 0) is 56.4 Å². The van der Waals surface area contributed by atoms with Crippen LogP contribution in [-0.2, 0) is 18.1 Å². The smallest absolute Gasteiger partial charge is 0.376 e. The molecule has 0 aliphatic heterocycles. The fourth-order valence-electron chi connectivity index (χ4n) is 4.48. The van der Waals surface area contributed by atoms with Gasteiger partial charge in [0.1, 0.15) is 5.82 Å². The second-order valence-electron chi connectivity index (χ2n) is 8.59. The summed E-state index contributed by atoms with van der Waals surface area (Å²) in [5.41, 5.74) is -0.928. The number of hydrogen-bond donors (Lipinski definition) is 1. The molecule has 0 fully saturated rings. The van der Waals surface area contributed by atoms with Gasteiger partial charge in [0.15, 0.2) is 11.4 Å². The van der Waals surface area contributed by atoms with Gasteiger partial charge in [-0.3, -0.25) is 0 Å². The minimum atomic E-state index is -4.83. The number of allylic oxidation sites excluding steroid dienone is 6. The predicted molar refractivity (Wildman–Crippen MR) is 125 cm³/mol. The number of aliphatic hydroxyl groups is 1. The Labute approximate surface area is 197 Å². The molecule has 1 unspecified atom stereocenters. The highest BCUT2D eigenvalue weighted by Crippen LogP contribution is 2.44. The summed E-state index contributed by atoms with van der Waals surface area (Å²) in [6.07, 6.45) is 6.10. The molecule has 0 bridgehead atoms. The van der Waals surface area contributed by atoms with E-state index in [4.69, 9.17) is 11.6 Å². The maximum Gasteiger partial charge on any atom is 0.421 e. The van der Waals surface area contributed by atoms with Crippen molar-refractivity contribution in [3.8, 4) is 11.4 Å². The molecule has 0 spiro atoms. The fourth-order valence-corrected chi connectivity index (χ4v) is 4.74. The standard InChI is InChI=1S/C25H29ClF3N3O/c1-6-24(7-2,19-12-10-8-9-11-16(19)3)22-31-30-21(32(22)5)18-14-13-17(15-20(18)26)23(4,33)25(27,28)29/h8,10-15,33H,6-7,9H2,1-5H3. The van der Waals surface area contributed by atoms with Crippen LogP contribution < -0.4 is 0 Å². The molecule has 1 atom stereocenters. The lowest BCUT2D eigenvalue weighted by Crippen LogP contribution is -2.39. The summed E-state index contributed by atoms with van der Waals surface area (Å²) in [5, 5.41) is 19.0. The zero-order chi connectivity index (χ0) is 24.6. The van der Waals surface area contributed by atoms with E-state index in [2.05, 4.69) is 55.3 Å². The highest BCUT2D eigenvalue weighted by atomic mass is 35.5. The van der Waals surface area contributed by atoms with Gasteiger partial charge in [-0.1, -0.05) is 61.4 Å². The Morgan fingerprint density at radius 2 is 1.82 bits per heavy atom. The minimum Gasteiger partial charge on any atom is -0.376 e. The molecule has 1 aromatic carbocycles. The average Bonchev–Trinajstić information content (AvgIpc) is 2.99. The molecule has 1 aliphatic carbocycles. The molecule has 4 nitrogen and oxygen atoms in total. The zero-order valence-corrected chi connectivity index (χ0v) is 20.2. The van der Waals surface area contributed by atoms with Crippen molar-refractivity contribution in [1.82, 2.24) is 14.8 Å². The predicted octanol–water partition coefficient (Wildman–Crippen LogP) is 6.80. The number of alkyl halides is 3. The van der Waals surface area contributed by atoms with E-state index in [1.54, 1.807) is 0 Å². The molecular weight excluding hydrogens is 451 g/mol. The van der Waals surface area contributed by atoms with E-state index in [0.717, 1.165) is 31.2 Å². The summed E-state index contributed by atoms with van der Waals surface area (Å²) >= 11 is 6.39. The van der Waals surface area contributed by atoms with Crippen molar-refractivity contribution in [2.75, 3.05) is 0 Å². The molecule has 0 amide bonds. The second-order valence-corrected chi connectivity index (χ2v) is 9.00. The van der Waals surface area contributed by atoms with Gasteiger partial charge >= 0.3 is 6.18 Å². The molecule has 8 heteroatoms. The fraction of sp³-hybridized carbons (Fsp3) is 0.440. The Kier molecular flexibility index (Phi) is 6.97. The van der Waals surface area contributed by atoms with Crippen LogP contribution in [0.5, 0.6) is 0 Å².